The van der Waals surface area contributed by atoms with Crippen molar-refractivity contribution in [2.24, 2.45) is 0 Å². The van der Waals surface area contributed by atoms with E-state index < -0.39 is 16.5 Å². The Kier molecular flexibility index (Phi) is 3.87. The number of benzene rings is 2. The van der Waals surface area contributed by atoms with E-state index in [9.17, 15) is 0 Å². The van der Waals surface area contributed by atoms with E-state index in [1.165, 1.54) is 5.56 Å². The van der Waals surface area contributed by atoms with Gasteiger partial charge in [-0.25, -0.2) is 0 Å². The molecular weight excluding hydrogens is 298 g/mol. The first kappa shape index (κ1) is 15.3. The number of hydrogen-bond donors (Lipinski definition) is 0. The molecule has 0 saturated heterocycles. The molecule has 1 nitrogen and oxygen atoms in total. The van der Waals surface area contributed by atoms with E-state index in [0.29, 0.717) is 0 Å². The van der Waals surface area contributed by atoms with E-state index in [4.69, 9.17) is 0 Å². The van der Waals surface area contributed by atoms with Gasteiger partial charge in [0.25, 0.3) is 0 Å². The Morgan fingerprint density at radius 3 is 1.82 bits per heavy atom. The summed E-state index contributed by atoms with van der Waals surface area (Å²) < 4.78 is 2.77. The quantitative estimate of drug-likeness (QED) is 0.780. The summed E-state index contributed by atoms with van der Waals surface area (Å²) in [4.78, 5) is 0. The van der Waals surface area contributed by atoms with Crippen molar-refractivity contribution in [3.63, 3.8) is 0 Å². The predicted molar refractivity (Wildman–Crippen MR) is 102 cm³/mol. The molecule has 0 aromatic heterocycles. The van der Waals surface area contributed by atoms with Gasteiger partial charge in [-0.2, -0.15) is 0 Å². The molecule has 0 fully saturated rings. The van der Waals surface area contributed by atoms with E-state index in [-0.39, 0.29) is 0 Å². The molecule has 0 unspecified atom stereocenters. The molecule has 2 aromatic carbocycles. The molecule has 3 heteroatoms. The van der Waals surface area contributed by atoms with Gasteiger partial charge in [0, 0.05) is 0 Å². The summed E-state index contributed by atoms with van der Waals surface area (Å²) in [6.07, 6.45) is 5.78. The zero-order valence-corrected chi connectivity index (χ0v) is 16.0. The second-order valence-corrected chi connectivity index (χ2v) is 15.8. The van der Waals surface area contributed by atoms with Crippen LogP contribution in [-0.4, -0.2) is 20.7 Å². The summed E-state index contributed by atoms with van der Waals surface area (Å²) in [7, 11) is -3.11. The maximum absolute atomic E-state index is 2.77. The number of rotatable bonds is 3. The number of nitrogens with zero attached hydrogens (tertiary/aromatic N) is 1. The number of hydrogen-bond acceptors (Lipinski definition) is 1. The molecule has 0 N–H and O–H groups in total. The molecule has 22 heavy (non-hydrogen) atoms. The monoisotopic (exact) mass is 323 g/mol. The third kappa shape index (κ3) is 2.48. The fourth-order valence-electron chi connectivity index (χ4n) is 3.79. The molecule has 114 valence electrons. The van der Waals surface area contributed by atoms with Crippen LogP contribution in [0.15, 0.2) is 66.9 Å². The summed E-state index contributed by atoms with van der Waals surface area (Å²) >= 11 is 0. The summed E-state index contributed by atoms with van der Waals surface area (Å²) in [5, 5.41) is 3.27. The Morgan fingerprint density at radius 1 is 0.773 bits per heavy atom. The van der Waals surface area contributed by atoms with Crippen molar-refractivity contribution in [3.05, 3.63) is 72.4 Å². The van der Waals surface area contributed by atoms with Crippen molar-refractivity contribution in [1.82, 2.24) is 4.23 Å². The lowest BCUT2D eigenvalue weighted by molar-refractivity contribution is 0.855. The highest BCUT2D eigenvalue weighted by Gasteiger charge is 2.49. The van der Waals surface area contributed by atoms with Crippen LogP contribution in [0, 0.1) is 0 Å². The topological polar surface area (TPSA) is 3.24 Å². The zero-order chi connectivity index (χ0) is 15.8. The molecule has 0 atom stereocenters. The van der Waals surface area contributed by atoms with Gasteiger partial charge >= 0.3 is 0 Å². The molecule has 3 rings (SSSR count). The van der Waals surface area contributed by atoms with Crippen LogP contribution in [0.25, 0.3) is 0 Å². The molecule has 1 aliphatic heterocycles. The van der Waals surface area contributed by atoms with E-state index >= 15 is 0 Å². The first-order valence-corrected chi connectivity index (χ1v) is 13.9. The van der Waals surface area contributed by atoms with Crippen LogP contribution in [0.2, 0.25) is 26.2 Å². The smallest absolute Gasteiger partial charge is 0.173 e. The molecule has 0 radical (unpaired) electrons. The standard InChI is InChI=1S/C19H25NSi2/c1-21(2)18-14-8-9-15-19(18)22(3,4)20(21)16-10-13-17-11-6-5-7-12-17/h5-12,14-16H,13H2,1-4H3/b16-10-. The summed E-state index contributed by atoms with van der Waals surface area (Å²) in [5.74, 6) is 0. The molecule has 0 spiro atoms. The van der Waals surface area contributed by atoms with Crippen LogP contribution in [0.5, 0.6) is 0 Å². The SMILES string of the molecule is C[Si]1(C)c2ccccc2[Si](C)(C)N1/C=C\Cc1ccccc1. The van der Waals surface area contributed by atoms with E-state index in [2.05, 4.69) is 97.3 Å². The van der Waals surface area contributed by atoms with Gasteiger partial charge in [0.1, 0.15) is 0 Å². The maximum Gasteiger partial charge on any atom is 0.173 e. The zero-order valence-electron chi connectivity index (χ0n) is 14.0. The van der Waals surface area contributed by atoms with Crippen molar-refractivity contribution in [3.8, 4) is 0 Å². The molecule has 0 amide bonds. The Balaban J connectivity index is 1.88. The van der Waals surface area contributed by atoms with Gasteiger partial charge in [0.05, 0.1) is 0 Å². The van der Waals surface area contributed by atoms with Gasteiger partial charge in [0.15, 0.2) is 16.5 Å². The molecule has 0 saturated carbocycles. The van der Waals surface area contributed by atoms with Crippen LogP contribution in [-0.2, 0) is 6.42 Å². The fourth-order valence-corrected chi connectivity index (χ4v) is 15.9. The molecule has 1 aliphatic rings. The summed E-state index contributed by atoms with van der Waals surface area (Å²) in [6.45, 7) is 9.95. The van der Waals surface area contributed by atoms with Gasteiger partial charge in [0.2, 0.25) is 0 Å². The van der Waals surface area contributed by atoms with E-state index in [1.807, 2.05) is 0 Å². The highest BCUT2D eigenvalue weighted by atomic mass is 28.4. The van der Waals surface area contributed by atoms with Crippen molar-refractivity contribution in [1.29, 1.82) is 0 Å². The molecular formula is C19H25NSi2. The third-order valence-corrected chi connectivity index (χ3v) is 14.7. The minimum Gasteiger partial charge on any atom is -0.424 e. The molecule has 2 aromatic rings. The maximum atomic E-state index is 2.77. The Bertz CT molecular complexity index is 655. The van der Waals surface area contributed by atoms with Crippen LogP contribution >= 0.6 is 0 Å². The van der Waals surface area contributed by atoms with Crippen LogP contribution < -0.4 is 10.4 Å². The average Bonchev–Trinajstić information content (AvgIpc) is 2.66. The minimum atomic E-state index is -1.56. The van der Waals surface area contributed by atoms with Gasteiger partial charge in [-0.3, -0.25) is 0 Å². The second-order valence-electron chi connectivity index (χ2n) is 7.11. The number of fused-ring (bicyclic) bond motifs is 1. The van der Waals surface area contributed by atoms with Gasteiger partial charge in [-0.05, 0) is 54.7 Å². The summed E-state index contributed by atoms with van der Waals surface area (Å²) in [5.41, 5.74) is 1.38. The number of allylic oxidation sites excluding steroid dienone is 1. The highest BCUT2D eigenvalue weighted by Crippen LogP contribution is 2.26. The van der Waals surface area contributed by atoms with Crippen molar-refractivity contribution < 1.29 is 0 Å². The van der Waals surface area contributed by atoms with Gasteiger partial charge in [-0.15, -0.1) is 0 Å². The predicted octanol–water partition coefficient (Wildman–Crippen LogP) is 3.58. The molecule has 1 heterocycles. The lowest BCUT2D eigenvalue weighted by Gasteiger charge is -2.38. The first-order chi connectivity index (χ1) is 10.4. The Morgan fingerprint density at radius 2 is 1.27 bits per heavy atom. The molecule has 0 bridgehead atoms. The first-order valence-electron chi connectivity index (χ1n) is 8.04. The lowest BCUT2D eigenvalue weighted by atomic mass is 10.1. The normalized spacial score (nSPS) is 18.6. The second kappa shape index (κ2) is 5.56. The van der Waals surface area contributed by atoms with Gasteiger partial charge < -0.3 is 4.23 Å². The minimum absolute atomic E-state index is 1.02. The van der Waals surface area contributed by atoms with Crippen molar-refractivity contribution in [2.45, 2.75) is 32.6 Å². The fraction of sp³-hybridized carbons (Fsp3) is 0.263. The van der Waals surface area contributed by atoms with Crippen LogP contribution in [0.4, 0.5) is 0 Å². The van der Waals surface area contributed by atoms with E-state index in [1.54, 1.807) is 10.4 Å². The summed E-state index contributed by atoms with van der Waals surface area (Å²) in [6, 6.07) is 19.9. The molecule has 0 aliphatic carbocycles. The third-order valence-electron chi connectivity index (χ3n) is 4.90. The van der Waals surface area contributed by atoms with Crippen molar-refractivity contribution >= 4 is 26.8 Å². The van der Waals surface area contributed by atoms with Crippen LogP contribution in [0.1, 0.15) is 5.56 Å². The van der Waals surface area contributed by atoms with Crippen LogP contribution in [0.3, 0.4) is 0 Å². The van der Waals surface area contributed by atoms with E-state index in [0.717, 1.165) is 6.42 Å². The largest absolute Gasteiger partial charge is 0.424 e. The Hall–Kier alpha value is -1.59. The highest BCUT2D eigenvalue weighted by molar-refractivity contribution is 7.10. The average molecular weight is 324 g/mol. The Labute approximate surface area is 136 Å². The lowest BCUT2D eigenvalue weighted by Crippen LogP contribution is -2.57. The van der Waals surface area contributed by atoms with Gasteiger partial charge in [-0.1, -0.05) is 60.7 Å². The van der Waals surface area contributed by atoms with Crippen molar-refractivity contribution in [2.75, 3.05) is 0 Å².